The molecule has 39 heavy (non-hydrogen) atoms. The van der Waals surface area contributed by atoms with E-state index in [0.717, 1.165) is 5.56 Å². The van der Waals surface area contributed by atoms with E-state index in [2.05, 4.69) is 57.9 Å². The van der Waals surface area contributed by atoms with E-state index in [-0.39, 0.29) is 45.1 Å². The van der Waals surface area contributed by atoms with E-state index in [1.165, 1.54) is 6.26 Å². The second kappa shape index (κ2) is 17.1. The number of hydrogen-bond acceptors (Lipinski definition) is 5. The van der Waals surface area contributed by atoms with Crippen LogP contribution in [0.3, 0.4) is 0 Å². The van der Waals surface area contributed by atoms with Gasteiger partial charge in [-0.1, -0.05) is 87.0 Å². The first-order chi connectivity index (χ1) is 15.5. The maximum atomic E-state index is 11.3. The number of esters is 1. The van der Waals surface area contributed by atoms with E-state index < -0.39 is 24.1 Å². The normalized spacial score (nSPS) is 11.9. The summed E-state index contributed by atoms with van der Waals surface area (Å²) in [6.07, 6.45) is 1.22. The Hall–Kier alpha value is -0.930. The fraction of sp³-hybridized carbons (Fsp3) is 0.733. The molecule has 0 unspecified atom stereocenters. The number of alkyl halides is 2. The molecule has 0 spiro atoms. The van der Waals surface area contributed by atoms with Crippen LogP contribution in [0, 0.1) is 0 Å². The summed E-state index contributed by atoms with van der Waals surface area (Å²) in [5, 5.41) is 2.87. The number of nitrogens with one attached hydrogen (secondary N) is 1. The Morgan fingerprint density at radius 3 is 1.23 bits per heavy atom. The lowest BCUT2D eigenvalue weighted by molar-refractivity contribution is -0.156. The molecule has 0 aliphatic rings. The summed E-state index contributed by atoms with van der Waals surface area (Å²) < 4.78 is 26.4. The molecule has 0 saturated carbocycles. The van der Waals surface area contributed by atoms with Crippen LogP contribution in [0.1, 0.15) is 118 Å². The zero-order valence-electron chi connectivity index (χ0n) is 24.5. The number of hydrogen-bond donors (Lipinski definition) is 1. The van der Waals surface area contributed by atoms with Crippen molar-refractivity contribution in [3.05, 3.63) is 29.8 Å². The molecule has 1 N–H and O–H groups in total. The number of carbonyl (C=O) groups excluding carboxylic acids is 2. The third-order valence-corrected chi connectivity index (χ3v) is 5.87. The highest BCUT2D eigenvalue weighted by Crippen LogP contribution is 2.23. The van der Waals surface area contributed by atoms with Gasteiger partial charge < -0.3 is 10.1 Å². The number of ether oxygens (including phenoxy) is 1. The zero-order chi connectivity index (χ0) is 29.6. The van der Waals surface area contributed by atoms with Crippen LogP contribution in [-0.4, -0.2) is 46.3 Å². The fourth-order valence-electron chi connectivity index (χ4n) is 2.09. The maximum absolute atomic E-state index is 11.3. The van der Waals surface area contributed by atoms with Crippen molar-refractivity contribution in [3.63, 3.8) is 0 Å². The van der Waals surface area contributed by atoms with Crippen molar-refractivity contribution in [2.75, 3.05) is 6.26 Å². The second-order valence-corrected chi connectivity index (χ2v) is 18.7. The summed E-state index contributed by atoms with van der Waals surface area (Å²) in [6, 6.07) is 7.07. The monoisotopic (exact) mass is 703 g/mol. The van der Waals surface area contributed by atoms with Crippen LogP contribution in [0.15, 0.2) is 29.2 Å². The molecule has 0 saturated heterocycles. The van der Waals surface area contributed by atoms with Crippen LogP contribution < -0.4 is 5.32 Å². The number of benzene rings is 1. The van der Waals surface area contributed by atoms with Gasteiger partial charge in [-0.3, -0.25) is 9.59 Å². The number of sulfone groups is 1. The van der Waals surface area contributed by atoms with Crippen molar-refractivity contribution in [1.29, 1.82) is 0 Å². The summed E-state index contributed by atoms with van der Waals surface area (Å²) in [7, 11) is -3.07. The van der Waals surface area contributed by atoms with Gasteiger partial charge in [0.1, 0.15) is 9.93 Å². The Morgan fingerprint density at radius 2 is 1.08 bits per heavy atom. The fourth-order valence-corrected chi connectivity index (χ4v) is 2.90. The van der Waals surface area contributed by atoms with E-state index in [1.807, 2.05) is 67.5 Å². The molecule has 0 heterocycles. The van der Waals surface area contributed by atoms with Gasteiger partial charge in [-0.2, -0.15) is 0 Å². The van der Waals surface area contributed by atoms with Gasteiger partial charge in [0.2, 0.25) is 5.91 Å². The highest BCUT2D eigenvalue weighted by Gasteiger charge is 2.29. The second-order valence-electron chi connectivity index (χ2n) is 12.7. The van der Waals surface area contributed by atoms with Crippen LogP contribution in [0.5, 0.6) is 0 Å². The smallest absolute Gasteiger partial charge is 0.322 e. The molecule has 9 heteroatoms. The lowest BCUT2D eigenvalue weighted by Gasteiger charge is -2.25. The first-order valence-corrected chi connectivity index (χ1v) is 15.2. The first kappa shape index (κ1) is 47.8. The average Bonchev–Trinajstić information content (AvgIpc) is 2.57. The summed E-state index contributed by atoms with van der Waals surface area (Å²) in [5.41, 5.74) is 0.658. The Bertz CT molecular complexity index is 916. The SMILES string of the molecule is C.C.C.CC(C)(C)NC(=O)C(C)(C)Br.CC(C)(C)OC(=O)C(C)(C)Br.CC(C)(C)c1ccc(S(C)(=O)=O)cc1. The van der Waals surface area contributed by atoms with Gasteiger partial charge in [0.25, 0.3) is 0 Å². The maximum Gasteiger partial charge on any atom is 0.322 e. The van der Waals surface area contributed by atoms with E-state index in [4.69, 9.17) is 4.74 Å². The van der Waals surface area contributed by atoms with Crippen molar-refractivity contribution in [2.45, 2.75) is 142 Å². The van der Waals surface area contributed by atoms with Crippen LogP contribution >= 0.6 is 31.9 Å². The average molecular weight is 706 g/mol. The van der Waals surface area contributed by atoms with Gasteiger partial charge in [0.05, 0.1) is 9.22 Å². The molecule has 1 amide bonds. The van der Waals surface area contributed by atoms with E-state index in [1.54, 1.807) is 26.0 Å². The molecule has 0 radical (unpaired) electrons. The summed E-state index contributed by atoms with van der Waals surface area (Å²) in [4.78, 5) is 22.9. The van der Waals surface area contributed by atoms with Gasteiger partial charge in [-0.25, -0.2) is 8.42 Å². The predicted octanol–water partition coefficient (Wildman–Crippen LogP) is 8.87. The highest BCUT2D eigenvalue weighted by atomic mass is 79.9. The molecular formula is C30H59Br2NO5S. The highest BCUT2D eigenvalue weighted by molar-refractivity contribution is 9.10. The molecule has 234 valence electrons. The Labute approximate surface area is 259 Å². The molecule has 0 bridgehead atoms. The minimum Gasteiger partial charge on any atom is -0.459 e. The lowest BCUT2D eigenvalue weighted by atomic mass is 9.87. The van der Waals surface area contributed by atoms with Gasteiger partial charge in [-0.05, 0) is 92.3 Å². The molecule has 1 aromatic rings. The standard InChI is InChI=1S/C11H16O2S.C8H16BrNO.C8H15BrO2.3CH4/c1-11(2,3)9-5-7-10(8-6-9)14(4,12)13;1-7(2,3)10-6(11)8(4,5)9;1-7(2,3)11-6(10)8(4,5)9;;;/h5-8H,1-4H3;1-5H3,(H,10,11);1-5H3;3*1H4. The third kappa shape index (κ3) is 24.6. The molecule has 0 aliphatic heterocycles. The lowest BCUT2D eigenvalue weighted by Crippen LogP contribution is -2.47. The Balaban J connectivity index is -0.000000144. The topological polar surface area (TPSA) is 89.5 Å². The van der Waals surface area contributed by atoms with Crippen LogP contribution in [0.2, 0.25) is 0 Å². The number of carbonyl (C=O) groups is 2. The van der Waals surface area contributed by atoms with E-state index in [0.29, 0.717) is 4.90 Å². The van der Waals surface area contributed by atoms with Crippen molar-refractivity contribution >= 4 is 53.6 Å². The Kier molecular flexibility index (Phi) is 21.0. The van der Waals surface area contributed by atoms with E-state index >= 15 is 0 Å². The molecule has 0 atom stereocenters. The van der Waals surface area contributed by atoms with Crippen molar-refractivity contribution < 1.29 is 22.7 Å². The largest absolute Gasteiger partial charge is 0.459 e. The summed E-state index contributed by atoms with van der Waals surface area (Å²) in [6.45, 7) is 24.9. The summed E-state index contributed by atoms with van der Waals surface area (Å²) >= 11 is 6.51. The molecule has 0 aliphatic carbocycles. The predicted molar refractivity (Wildman–Crippen MR) is 178 cm³/mol. The Morgan fingerprint density at radius 1 is 0.718 bits per heavy atom. The number of halogens is 2. The van der Waals surface area contributed by atoms with E-state index in [9.17, 15) is 18.0 Å². The third-order valence-electron chi connectivity index (χ3n) is 4.06. The van der Waals surface area contributed by atoms with Crippen LogP contribution in [0.25, 0.3) is 0 Å². The van der Waals surface area contributed by atoms with Crippen LogP contribution in [0.4, 0.5) is 0 Å². The molecule has 0 fully saturated rings. The number of rotatable bonds is 3. The molecule has 6 nitrogen and oxygen atoms in total. The van der Waals surface area contributed by atoms with Gasteiger partial charge in [-0.15, -0.1) is 0 Å². The van der Waals surface area contributed by atoms with Gasteiger partial charge in [0, 0.05) is 11.8 Å². The van der Waals surface area contributed by atoms with Gasteiger partial charge in [0.15, 0.2) is 9.84 Å². The minimum atomic E-state index is -3.07. The number of amides is 1. The molecule has 1 aromatic carbocycles. The molecule has 0 aromatic heterocycles. The minimum absolute atomic E-state index is 0. The van der Waals surface area contributed by atoms with Crippen molar-refractivity contribution in [1.82, 2.24) is 5.32 Å². The van der Waals surface area contributed by atoms with Gasteiger partial charge >= 0.3 is 5.97 Å². The van der Waals surface area contributed by atoms with Crippen molar-refractivity contribution in [2.24, 2.45) is 0 Å². The molecular weight excluding hydrogens is 646 g/mol. The summed E-state index contributed by atoms with van der Waals surface area (Å²) in [5.74, 6) is -0.213. The quantitative estimate of drug-likeness (QED) is 0.251. The molecule has 1 rings (SSSR count). The first-order valence-electron chi connectivity index (χ1n) is 11.7. The van der Waals surface area contributed by atoms with Crippen molar-refractivity contribution in [3.8, 4) is 0 Å². The van der Waals surface area contributed by atoms with Crippen LogP contribution in [-0.2, 0) is 29.6 Å². The zero-order valence-corrected chi connectivity index (χ0v) is 28.5.